The third-order valence-electron chi connectivity index (χ3n) is 6.41. The number of hydrogen-bond acceptors (Lipinski definition) is 8. The van der Waals surface area contributed by atoms with E-state index in [2.05, 4.69) is 11.6 Å². The zero-order chi connectivity index (χ0) is 29.7. The zero-order valence-electron chi connectivity index (χ0n) is 24.4. The molecule has 0 radical (unpaired) electrons. The summed E-state index contributed by atoms with van der Waals surface area (Å²) >= 11 is 1.26. The lowest BCUT2D eigenvalue weighted by Gasteiger charge is -2.26. The summed E-state index contributed by atoms with van der Waals surface area (Å²) in [5.41, 5.74) is 2.89. The van der Waals surface area contributed by atoms with Gasteiger partial charge in [-0.2, -0.15) is 0 Å². The van der Waals surface area contributed by atoms with Crippen molar-refractivity contribution in [3.63, 3.8) is 0 Å². The van der Waals surface area contributed by atoms with Gasteiger partial charge in [0.1, 0.15) is 11.8 Å². The Labute approximate surface area is 243 Å². The zero-order valence-corrected chi connectivity index (χ0v) is 25.2. The van der Waals surface area contributed by atoms with Gasteiger partial charge in [-0.25, -0.2) is 9.79 Å². The monoisotopic (exact) mass is 576 g/mol. The number of aromatic nitrogens is 1. The second kappa shape index (κ2) is 13.0. The fraction of sp³-hybridized carbons (Fsp3) is 0.344. The van der Waals surface area contributed by atoms with Crippen molar-refractivity contribution in [2.24, 2.45) is 4.99 Å². The van der Waals surface area contributed by atoms with Crippen LogP contribution in [0.25, 0.3) is 6.08 Å². The Morgan fingerprint density at radius 3 is 2.59 bits per heavy atom. The number of esters is 1. The highest BCUT2D eigenvalue weighted by Gasteiger charge is 2.35. The molecule has 0 N–H and O–H groups in total. The van der Waals surface area contributed by atoms with Crippen LogP contribution in [-0.2, 0) is 16.0 Å². The molecule has 0 bridgehead atoms. The molecular weight excluding hydrogens is 540 g/mol. The minimum atomic E-state index is -0.770. The van der Waals surface area contributed by atoms with E-state index in [9.17, 15) is 9.59 Å². The van der Waals surface area contributed by atoms with Gasteiger partial charge in [0.25, 0.3) is 5.56 Å². The average Bonchev–Trinajstić information content (AvgIpc) is 3.22. The Bertz CT molecular complexity index is 1660. The van der Waals surface area contributed by atoms with E-state index in [1.165, 1.54) is 11.3 Å². The van der Waals surface area contributed by atoms with E-state index in [1.807, 2.05) is 63.2 Å². The van der Waals surface area contributed by atoms with E-state index in [0.29, 0.717) is 56.4 Å². The van der Waals surface area contributed by atoms with Gasteiger partial charge in [-0.15, -0.1) is 6.58 Å². The summed E-state index contributed by atoms with van der Waals surface area (Å²) in [5.74, 6) is 1.30. The molecule has 1 aliphatic heterocycles. The van der Waals surface area contributed by atoms with Gasteiger partial charge < -0.3 is 18.9 Å². The van der Waals surface area contributed by atoms with Crippen LogP contribution in [0.4, 0.5) is 0 Å². The molecule has 41 heavy (non-hydrogen) atoms. The number of hydrogen-bond donors (Lipinski definition) is 0. The fourth-order valence-electron chi connectivity index (χ4n) is 4.87. The van der Waals surface area contributed by atoms with Crippen LogP contribution in [-0.4, -0.2) is 37.0 Å². The number of para-hydroxylation sites is 1. The number of carbonyl (C=O) groups is 1. The molecule has 4 rings (SSSR count). The number of methoxy groups -OCH3 is 1. The standard InChI is InChI=1S/C32H36N2O6S/c1-8-13-22-16-21(17-25(38-9-2)29(22)37-7)18-26-30(35)34-28(23-14-11-12-15-24(23)40-19(4)5)27(31(36)39-10-3)20(6)33-32(34)41-26/h8,11-12,14-19,28H,1,9-10,13H2,2-7H3/b26-18+. The number of fused-ring (bicyclic) bond motifs is 1. The van der Waals surface area contributed by atoms with Crippen molar-refractivity contribution in [1.82, 2.24) is 4.57 Å². The van der Waals surface area contributed by atoms with E-state index in [-0.39, 0.29) is 18.3 Å². The Kier molecular flexibility index (Phi) is 9.50. The molecule has 1 aliphatic rings. The smallest absolute Gasteiger partial charge is 0.338 e. The fourth-order valence-corrected chi connectivity index (χ4v) is 5.92. The van der Waals surface area contributed by atoms with Gasteiger partial charge in [-0.3, -0.25) is 9.36 Å². The number of nitrogens with zero attached hydrogens (tertiary/aromatic N) is 2. The number of benzene rings is 2. The van der Waals surface area contributed by atoms with E-state index in [0.717, 1.165) is 11.1 Å². The van der Waals surface area contributed by atoms with Crippen LogP contribution in [0.15, 0.2) is 70.1 Å². The summed E-state index contributed by atoms with van der Waals surface area (Å²) in [6, 6.07) is 10.5. The van der Waals surface area contributed by atoms with Crippen molar-refractivity contribution >= 4 is 23.4 Å². The molecule has 2 heterocycles. The van der Waals surface area contributed by atoms with Crippen LogP contribution in [0.5, 0.6) is 17.2 Å². The first kappa shape index (κ1) is 29.9. The Morgan fingerprint density at radius 1 is 1.17 bits per heavy atom. The summed E-state index contributed by atoms with van der Waals surface area (Å²) in [6.07, 6.45) is 4.07. The van der Waals surface area contributed by atoms with Gasteiger partial charge in [-0.05, 0) is 70.9 Å². The van der Waals surface area contributed by atoms with Crippen molar-refractivity contribution in [1.29, 1.82) is 0 Å². The number of rotatable bonds is 11. The second-order valence-electron chi connectivity index (χ2n) is 9.64. The van der Waals surface area contributed by atoms with E-state index >= 15 is 0 Å². The number of carbonyl (C=O) groups excluding carboxylic acids is 1. The first-order valence-corrected chi connectivity index (χ1v) is 14.4. The van der Waals surface area contributed by atoms with Crippen LogP contribution in [0.2, 0.25) is 0 Å². The lowest BCUT2D eigenvalue weighted by molar-refractivity contribution is -0.139. The minimum absolute atomic E-state index is 0.109. The lowest BCUT2D eigenvalue weighted by Crippen LogP contribution is -2.40. The molecule has 0 amide bonds. The van der Waals surface area contributed by atoms with Crippen molar-refractivity contribution in [2.75, 3.05) is 20.3 Å². The topological polar surface area (TPSA) is 88.4 Å². The van der Waals surface area contributed by atoms with Gasteiger partial charge in [0.05, 0.1) is 42.2 Å². The predicted octanol–water partition coefficient (Wildman–Crippen LogP) is 4.72. The maximum Gasteiger partial charge on any atom is 0.338 e. The SMILES string of the molecule is C=CCc1cc(/C=c2/sc3n(c2=O)C(c2ccccc2OC(C)C)C(C(=O)OCC)=C(C)N=3)cc(OCC)c1OC. The van der Waals surface area contributed by atoms with Crippen molar-refractivity contribution < 1.29 is 23.7 Å². The third-order valence-corrected chi connectivity index (χ3v) is 7.40. The maximum absolute atomic E-state index is 14.1. The molecule has 1 aromatic heterocycles. The third kappa shape index (κ3) is 6.15. The lowest BCUT2D eigenvalue weighted by atomic mass is 9.95. The molecular formula is C32H36N2O6S. The summed E-state index contributed by atoms with van der Waals surface area (Å²) < 4.78 is 25.0. The van der Waals surface area contributed by atoms with Gasteiger partial charge in [0.15, 0.2) is 16.3 Å². The van der Waals surface area contributed by atoms with Crippen LogP contribution < -0.4 is 29.1 Å². The highest BCUT2D eigenvalue weighted by atomic mass is 32.1. The molecule has 3 aromatic rings. The molecule has 0 saturated carbocycles. The van der Waals surface area contributed by atoms with Crippen molar-refractivity contribution in [2.45, 2.75) is 53.2 Å². The van der Waals surface area contributed by atoms with Crippen molar-refractivity contribution in [3.05, 3.63) is 96.7 Å². The normalized spacial score (nSPS) is 14.9. The molecule has 1 unspecified atom stereocenters. The quantitative estimate of drug-likeness (QED) is 0.243. The Hall–Kier alpha value is -4.11. The molecule has 0 saturated heterocycles. The molecule has 9 heteroatoms. The predicted molar refractivity (Wildman–Crippen MR) is 161 cm³/mol. The largest absolute Gasteiger partial charge is 0.493 e. The first-order chi connectivity index (χ1) is 19.7. The van der Waals surface area contributed by atoms with Crippen LogP contribution in [0, 0.1) is 0 Å². The van der Waals surface area contributed by atoms with Crippen LogP contribution >= 0.6 is 11.3 Å². The molecule has 216 valence electrons. The van der Waals surface area contributed by atoms with Crippen LogP contribution in [0.3, 0.4) is 0 Å². The van der Waals surface area contributed by atoms with Gasteiger partial charge in [-0.1, -0.05) is 35.6 Å². The summed E-state index contributed by atoms with van der Waals surface area (Å²) in [6.45, 7) is 13.8. The number of allylic oxidation sites excluding steroid dienone is 2. The highest BCUT2D eigenvalue weighted by Crippen LogP contribution is 2.37. The summed E-state index contributed by atoms with van der Waals surface area (Å²) in [7, 11) is 1.60. The molecule has 2 aromatic carbocycles. The first-order valence-electron chi connectivity index (χ1n) is 13.6. The van der Waals surface area contributed by atoms with Gasteiger partial charge in [0.2, 0.25) is 0 Å². The van der Waals surface area contributed by atoms with E-state index in [1.54, 1.807) is 31.6 Å². The molecule has 0 aliphatic carbocycles. The highest BCUT2D eigenvalue weighted by molar-refractivity contribution is 7.07. The van der Waals surface area contributed by atoms with Crippen molar-refractivity contribution in [3.8, 4) is 17.2 Å². The Balaban J connectivity index is 1.98. The van der Waals surface area contributed by atoms with E-state index in [4.69, 9.17) is 18.9 Å². The summed E-state index contributed by atoms with van der Waals surface area (Å²) in [4.78, 5) is 32.5. The Morgan fingerprint density at radius 2 is 1.93 bits per heavy atom. The summed E-state index contributed by atoms with van der Waals surface area (Å²) in [5, 5.41) is 0. The van der Waals surface area contributed by atoms with Gasteiger partial charge >= 0.3 is 5.97 Å². The molecule has 0 spiro atoms. The molecule has 0 fully saturated rings. The number of ether oxygens (including phenoxy) is 4. The molecule has 1 atom stereocenters. The minimum Gasteiger partial charge on any atom is -0.493 e. The van der Waals surface area contributed by atoms with Crippen LogP contribution in [0.1, 0.15) is 57.4 Å². The van der Waals surface area contributed by atoms with Gasteiger partial charge in [0, 0.05) is 11.1 Å². The van der Waals surface area contributed by atoms with E-state index < -0.39 is 12.0 Å². The maximum atomic E-state index is 14.1. The average molecular weight is 577 g/mol. The second-order valence-corrected chi connectivity index (χ2v) is 10.7. The molecule has 8 nitrogen and oxygen atoms in total. The number of thiazole rings is 1.